The van der Waals surface area contributed by atoms with Crippen molar-refractivity contribution in [2.45, 2.75) is 47.0 Å². The van der Waals surface area contributed by atoms with Gasteiger partial charge in [-0.2, -0.15) is 0 Å². The molecule has 0 fully saturated rings. The summed E-state index contributed by atoms with van der Waals surface area (Å²) >= 11 is 0. The number of carbonyl (C=O) groups excluding carboxylic acids is 2. The Morgan fingerprint density at radius 2 is 2.00 bits per heavy atom. The first-order valence-electron chi connectivity index (χ1n) is 5.18. The van der Waals surface area contributed by atoms with Crippen molar-refractivity contribution in [2.75, 3.05) is 0 Å². The average molecular weight is 194 g/mol. The van der Waals surface area contributed by atoms with E-state index in [2.05, 4.69) is 0 Å². The van der Waals surface area contributed by atoms with Gasteiger partial charge in [-0.15, -0.1) is 0 Å². The predicted molar refractivity (Wildman–Crippen MR) is 56.0 cm³/mol. The molecule has 14 heavy (non-hydrogen) atoms. The van der Waals surface area contributed by atoms with Crippen LogP contribution in [0.3, 0.4) is 0 Å². The molecule has 1 aliphatic carbocycles. The zero-order chi connectivity index (χ0) is 10.9. The van der Waals surface area contributed by atoms with Crippen LogP contribution in [0.4, 0.5) is 0 Å². The maximum Gasteiger partial charge on any atom is 0.171 e. The molecule has 0 aromatic carbocycles. The smallest absolute Gasteiger partial charge is 0.171 e. The third kappa shape index (κ3) is 1.79. The van der Waals surface area contributed by atoms with Gasteiger partial charge in [0.25, 0.3) is 0 Å². The van der Waals surface area contributed by atoms with E-state index in [9.17, 15) is 9.59 Å². The summed E-state index contributed by atoms with van der Waals surface area (Å²) in [6, 6.07) is 0. The van der Waals surface area contributed by atoms with Crippen molar-refractivity contribution in [2.24, 2.45) is 5.41 Å². The summed E-state index contributed by atoms with van der Waals surface area (Å²) in [5.41, 5.74) is 1.10. The molecule has 0 saturated heterocycles. The van der Waals surface area contributed by atoms with Gasteiger partial charge in [0.2, 0.25) is 0 Å². The SMILES string of the molecule is CCC(=O)C1=C(C)CCC(C)(C)C1=O. The third-order valence-electron chi connectivity index (χ3n) is 2.99. The molecule has 0 aromatic rings. The van der Waals surface area contributed by atoms with Gasteiger partial charge in [0, 0.05) is 11.8 Å². The molecule has 0 radical (unpaired) electrons. The van der Waals surface area contributed by atoms with Crippen LogP contribution in [0.5, 0.6) is 0 Å². The van der Waals surface area contributed by atoms with Gasteiger partial charge >= 0.3 is 0 Å². The predicted octanol–water partition coefficient (Wildman–Crippen LogP) is 2.67. The van der Waals surface area contributed by atoms with Gasteiger partial charge in [-0.3, -0.25) is 9.59 Å². The van der Waals surface area contributed by atoms with Crippen molar-refractivity contribution < 1.29 is 9.59 Å². The largest absolute Gasteiger partial charge is 0.294 e. The number of allylic oxidation sites excluding steroid dienone is 2. The van der Waals surface area contributed by atoms with E-state index in [0.29, 0.717) is 12.0 Å². The van der Waals surface area contributed by atoms with Gasteiger partial charge < -0.3 is 0 Å². The Bertz CT molecular complexity index is 308. The number of ketones is 2. The molecule has 0 aromatic heterocycles. The summed E-state index contributed by atoms with van der Waals surface area (Å²) in [4.78, 5) is 23.6. The zero-order valence-electron chi connectivity index (χ0n) is 9.44. The Kier molecular flexibility index (Phi) is 2.93. The molecule has 0 spiro atoms. The van der Waals surface area contributed by atoms with E-state index < -0.39 is 0 Å². The van der Waals surface area contributed by atoms with Crippen LogP contribution in [0.2, 0.25) is 0 Å². The Morgan fingerprint density at radius 3 is 2.50 bits per heavy atom. The summed E-state index contributed by atoms with van der Waals surface area (Å²) in [7, 11) is 0. The van der Waals surface area contributed by atoms with Crippen molar-refractivity contribution in [3.63, 3.8) is 0 Å². The fraction of sp³-hybridized carbons (Fsp3) is 0.667. The standard InChI is InChI=1S/C12H18O2/c1-5-9(13)10-8(2)6-7-12(3,4)11(10)14/h5-7H2,1-4H3. The second-order valence-corrected chi connectivity index (χ2v) is 4.65. The number of rotatable bonds is 2. The summed E-state index contributed by atoms with van der Waals surface area (Å²) in [6.45, 7) is 7.54. The monoisotopic (exact) mass is 194 g/mol. The second kappa shape index (κ2) is 3.68. The van der Waals surface area contributed by atoms with Crippen molar-refractivity contribution in [3.8, 4) is 0 Å². The molecular weight excluding hydrogens is 176 g/mol. The van der Waals surface area contributed by atoms with E-state index >= 15 is 0 Å². The summed E-state index contributed by atoms with van der Waals surface area (Å²) in [5, 5.41) is 0. The maximum atomic E-state index is 12.0. The van der Waals surface area contributed by atoms with Gasteiger partial charge in [0.05, 0.1) is 5.57 Å². The van der Waals surface area contributed by atoms with Gasteiger partial charge in [-0.25, -0.2) is 0 Å². The van der Waals surface area contributed by atoms with E-state index in [-0.39, 0.29) is 17.0 Å². The molecule has 1 aliphatic rings. The van der Waals surface area contributed by atoms with Crippen LogP contribution in [-0.2, 0) is 9.59 Å². The maximum absolute atomic E-state index is 12.0. The van der Waals surface area contributed by atoms with Crippen LogP contribution in [0.15, 0.2) is 11.1 Å². The Hall–Kier alpha value is -0.920. The van der Waals surface area contributed by atoms with E-state index in [0.717, 1.165) is 18.4 Å². The fourth-order valence-electron chi connectivity index (χ4n) is 1.81. The van der Waals surface area contributed by atoms with E-state index in [1.807, 2.05) is 20.8 Å². The first kappa shape index (κ1) is 11.2. The molecule has 0 amide bonds. The molecule has 0 bridgehead atoms. The van der Waals surface area contributed by atoms with Crippen molar-refractivity contribution in [1.29, 1.82) is 0 Å². The highest BCUT2D eigenvalue weighted by atomic mass is 16.1. The molecule has 0 heterocycles. The van der Waals surface area contributed by atoms with E-state index in [4.69, 9.17) is 0 Å². The van der Waals surface area contributed by atoms with Crippen LogP contribution in [0, 0.1) is 5.41 Å². The zero-order valence-corrected chi connectivity index (χ0v) is 9.44. The van der Waals surface area contributed by atoms with Crippen LogP contribution in [0.1, 0.15) is 47.0 Å². The van der Waals surface area contributed by atoms with Gasteiger partial charge in [0.15, 0.2) is 11.6 Å². The lowest BCUT2D eigenvalue weighted by Crippen LogP contribution is -2.33. The average Bonchev–Trinajstić information content (AvgIpc) is 2.13. The van der Waals surface area contributed by atoms with Gasteiger partial charge in [0.1, 0.15) is 0 Å². The third-order valence-corrected chi connectivity index (χ3v) is 2.99. The molecule has 0 unspecified atom stereocenters. The van der Waals surface area contributed by atoms with Crippen LogP contribution < -0.4 is 0 Å². The number of Topliss-reactive ketones (excluding diaryl/α,β-unsaturated/α-hetero) is 2. The molecule has 2 heteroatoms. The molecule has 78 valence electrons. The molecule has 0 N–H and O–H groups in total. The number of carbonyl (C=O) groups is 2. The van der Waals surface area contributed by atoms with Gasteiger partial charge in [-0.05, 0) is 19.8 Å². The Labute approximate surface area is 85.4 Å². The summed E-state index contributed by atoms with van der Waals surface area (Å²) in [5.74, 6) is 0.0355. The lowest BCUT2D eigenvalue weighted by atomic mass is 9.72. The summed E-state index contributed by atoms with van der Waals surface area (Å²) < 4.78 is 0. The highest BCUT2D eigenvalue weighted by Gasteiger charge is 2.36. The van der Waals surface area contributed by atoms with Crippen molar-refractivity contribution >= 4 is 11.6 Å². The first-order valence-corrected chi connectivity index (χ1v) is 5.18. The highest BCUT2D eigenvalue weighted by Crippen LogP contribution is 2.36. The van der Waals surface area contributed by atoms with E-state index in [1.54, 1.807) is 6.92 Å². The second-order valence-electron chi connectivity index (χ2n) is 4.65. The Morgan fingerprint density at radius 1 is 1.43 bits per heavy atom. The van der Waals surface area contributed by atoms with Crippen molar-refractivity contribution in [1.82, 2.24) is 0 Å². The number of hydrogen-bond acceptors (Lipinski definition) is 2. The minimum Gasteiger partial charge on any atom is -0.294 e. The number of hydrogen-bond donors (Lipinski definition) is 0. The molecule has 2 nitrogen and oxygen atoms in total. The Balaban J connectivity index is 3.12. The summed E-state index contributed by atoms with van der Waals surface area (Å²) in [6.07, 6.45) is 2.16. The minimum absolute atomic E-state index is 0.000255. The van der Waals surface area contributed by atoms with Crippen molar-refractivity contribution in [3.05, 3.63) is 11.1 Å². The quantitative estimate of drug-likeness (QED) is 0.633. The van der Waals surface area contributed by atoms with Crippen LogP contribution in [-0.4, -0.2) is 11.6 Å². The lowest BCUT2D eigenvalue weighted by molar-refractivity contribution is -0.127. The molecule has 1 rings (SSSR count). The molecule has 0 aliphatic heterocycles. The fourth-order valence-corrected chi connectivity index (χ4v) is 1.81. The van der Waals surface area contributed by atoms with Crippen LogP contribution >= 0.6 is 0 Å². The molecule has 0 atom stereocenters. The molecular formula is C12H18O2. The topological polar surface area (TPSA) is 34.1 Å². The first-order chi connectivity index (χ1) is 6.40. The minimum atomic E-state index is -0.348. The normalized spacial score (nSPS) is 21.3. The van der Waals surface area contributed by atoms with E-state index in [1.165, 1.54) is 0 Å². The van der Waals surface area contributed by atoms with Crippen LogP contribution in [0.25, 0.3) is 0 Å². The molecule has 0 saturated carbocycles. The van der Waals surface area contributed by atoms with Gasteiger partial charge in [-0.1, -0.05) is 26.3 Å². The lowest BCUT2D eigenvalue weighted by Gasteiger charge is -2.29. The highest BCUT2D eigenvalue weighted by molar-refractivity contribution is 6.22.